The molecule has 120 heavy (non-hydrogen) atoms. The van der Waals surface area contributed by atoms with Crippen molar-refractivity contribution in [1.82, 2.24) is 46.6 Å². The average Bonchev–Trinajstić information content (AvgIpc) is 1.68. The number of carboxylic acid groups (broad SMARTS) is 1. The number of aromatic nitrogens is 3. The van der Waals surface area contributed by atoms with Crippen LogP contribution >= 0.6 is 34.0 Å². The molecule has 0 radical (unpaired) electrons. The van der Waals surface area contributed by atoms with Gasteiger partial charge in [0.05, 0.1) is 75.3 Å². The molecule has 3 aromatic heterocycles. The number of carbonyl (C=O) groups is 7. The Bertz CT molecular complexity index is 4180. The summed E-state index contributed by atoms with van der Waals surface area (Å²) >= 11 is 4.29. The predicted octanol–water partition coefficient (Wildman–Crippen LogP) is 8.51. The number of carboxylic acids is 1. The minimum Gasteiger partial charge on any atom is -0.481 e. The summed E-state index contributed by atoms with van der Waals surface area (Å²) in [7, 11) is 10.9. The third-order valence-electron chi connectivity index (χ3n) is 16.9. The Hall–Kier alpha value is -9.99. The Balaban J connectivity index is 0.000000512. The van der Waals surface area contributed by atoms with Gasteiger partial charge in [0.1, 0.15) is 44.6 Å². The zero-order chi connectivity index (χ0) is 90.5. The molecule has 3 aromatic carbocycles. The van der Waals surface area contributed by atoms with Gasteiger partial charge in [0.2, 0.25) is 5.91 Å². The number of benzene rings is 3. The van der Waals surface area contributed by atoms with Gasteiger partial charge in [-0.05, 0) is 184 Å². The summed E-state index contributed by atoms with van der Waals surface area (Å²) in [5, 5.41) is 47.9. The SMILES string of the molecule is CN=C(N)NCCC[C@H](CC(=O)OC(C)(C)C)C(=O)N(C)OC.CN=C(N)NCCC[C@H](CC(=O)OC(C)(C)C)C(=O)O.CN=C(N)NCCC[C@H](CC(=O)OC(C)(C)C)C(=O)c1nc2ccccc2s1.CN=C(N)NCCC[C@H](CC(=O)OC(C)(C)C)C(O)c1nc2ccccc2s1.CN=C(N)NCCC[C@H](N)C(O)c1nc2ccccc2s1. The van der Waals surface area contributed by atoms with Gasteiger partial charge in [-0.1, -0.05) is 36.4 Å². The first-order valence-corrected chi connectivity index (χ1v) is 42.2. The molecule has 0 saturated heterocycles. The first-order valence-electron chi connectivity index (χ1n) is 39.7. The first kappa shape index (κ1) is 106. The number of aliphatic imine (C=N–C) groups is 5. The van der Waals surface area contributed by atoms with Crippen molar-refractivity contribution in [3.8, 4) is 0 Å². The highest BCUT2D eigenvalue weighted by molar-refractivity contribution is 7.20. The lowest BCUT2D eigenvalue weighted by molar-refractivity contribution is -0.177. The van der Waals surface area contributed by atoms with Gasteiger partial charge in [0.25, 0.3) is 0 Å². The molecule has 3 heterocycles. The van der Waals surface area contributed by atoms with Gasteiger partial charge < -0.3 is 95.3 Å². The number of nitrogens with one attached hydrogen (secondary N) is 5. The molecule has 35 nitrogen and oxygen atoms in total. The van der Waals surface area contributed by atoms with Crippen LogP contribution in [0.2, 0.25) is 0 Å². The smallest absolute Gasteiger partial charge is 0.307 e. The van der Waals surface area contributed by atoms with Crippen LogP contribution in [0, 0.1) is 23.7 Å². The van der Waals surface area contributed by atoms with Crippen LogP contribution in [0.15, 0.2) is 97.8 Å². The summed E-state index contributed by atoms with van der Waals surface area (Å²) in [5.74, 6) is -3.21. The van der Waals surface area contributed by atoms with Crippen molar-refractivity contribution in [2.45, 2.75) is 214 Å². The fourth-order valence-corrected chi connectivity index (χ4v) is 14.0. The van der Waals surface area contributed by atoms with Crippen LogP contribution < -0.4 is 61.0 Å². The van der Waals surface area contributed by atoms with Gasteiger partial charge in [-0.3, -0.25) is 63.4 Å². The summed E-state index contributed by atoms with van der Waals surface area (Å²) in [5.41, 5.74) is 34.0. The number of nitrogens with two attached hydrogens (primary N) is 6. The number of guanidine groups is 5. The number of esters is 4. The summed E-state index contributed by atoms with van der Waals surface area (Å²) in [6, 6.07) is 22.9. The monoisotopic (exact) mass is 1730 g/mol. The Morgan fingerprint density at radius 1 is 0.433 bits per heavy atom. The van der Waals surface area contributed by atoms with Crippen LogP contribution in [0.4, 0.5) is 0 Å². The first-order chi connectivity index (χ1) is 56.3. The summed E-state index contributed by atoms with van der Waals surface area (Å²) in [4.78, 5) is 122. The predicted molar refractivity (Wildman–Crippen MR) is 478 cm³/mol. The number of thiazole rings is 3. The lowest BCUT2D eigenvalue weighted by atomic mass is 9.93. The summed E-state index contributed by atoms with van der Waals surface area (Å²) in [6.45, 7) is 24.5. The van der Waals surface area contributed by atoms with Crippen molar-refractivity contribution in [1.29, 1.82) is 0 Å². The molecule has 20 N–H and O–H groups in total. The molecule has 0 fully saturated rings. The van der Waals surface area contributed by atoms with E-state index >= 15 is 0 Å². The van der Waals surface area contributed by atoms with Gasteiger partial charge in [-0.25, -0.2) is 20.0 Å². The number of rotatable bonds is 37. The van der Waals surface area contributed by atoms with E-state index in [9.17, 15) is 43.8 Å². The van der Waals surface area contributed by atoms with E-state index in [2.05, 4.69) is 66.5 Å². The number of ether oxygens (including phenoxy) is 4. The largest absolute Gasteiger partial charge is 0.481 e. The highest BCUT2D eigenvalue weighted by Crippen LogP contribution is 2.35. The minimum atomic E-state index is -0.993. The molecule has 2 unspecified atom stereocenters. The Labute approximate surface area is 718 Å². The number of carbonyl (C=O) groups excluding carboxylic acids is 6. The summed E-state index contributed by atoms with van der Waals surface area (Å²) in [6.07, 6.45) is 4.64. The van der Waals surface area contributed by atoms with E-state index in [1.54, 1.807) is 76.8 Å². The number of aliphatic carboxylic acids is 1. The average molecular weight is 1740 g/mol. The molecular weight excluding hydrogens is 1600 g/mol. The molecule has 0 spiro atoms. The van der Waals surface area contributed by atoms with Crippen molar-refractivity contribution in [2.24, 2.45) is 83.0 Å². The number of aliphatic hydroxyl groups is 2. The third kappa shape index (κ3) is 44.9. The van der Waals surface area contributed by atoms with Crippen molar-refractivity contribution in [3.05, 3.63) is 87.8 Å². The van der Waals surface area contributed by atoms with Gasteiger partial charge in [-0.2, -0.15) is 0 Å². The highest BCUT2D eigenvalue weighted by atomic mass is 32.1. The highest BCUT2D eigenvalue weighted by Gasteiger charge is 2.33. The molecule has 0 saturated carbocycles. The maximum absolute atomic E-state index is 13.1. The number of Topliss-reactive ketones (excluding diaryl/α,β-unsaturated/α-hetero) is 1. The molecule has 6 aromatic rings. The number of amides is 1. The van der Waals surface area contributed by atoms with E-state index in [0.717, 1.165) is 48.6 Å². The van der Waals surface area contributed by atoms with E-state index < -0.39 is 70.3 Å². The molecule has 38 heteroatoms. The van der Waals surface area contributed by atoms with Crippen molar-refractivity contribution >= 4 is 136 Å². The lowest BCUT2D eigenvalue weighted by Gasteiger charge is -2.24. The number of hydrogen-bond acceptors (Lipinski definition) is 26. The minimum absolute atomic E-state index is 0.0150. The molecule has 0 aliphatic rings. The number of para-hydroxylation sites is 3. The van der Waals surface area contributed by atoms with Gasteiger partial charge in [0, 0.05) is 92.9 Å². The van der Waals surface area contributed by atoms with Crippen molar-refractivity contribution in [2.75, 3.05) is 82.1 Å². The molecule has 6 rings (SSSR count). The number of aliphatic hydroxyl groups excluding tert-OH is 2. The number of ketones is 1. The zero-order valence-corrected chi connectivity index (χ0v) is 75.8. The van der Waals surface area contributed by atoms with Gasteiger partial charge in [0.15, 0.2) is 40.6 Å². The molecule has 670 valence electrons. The van der Waals surface area contributed by atoms with Gasteiger partial charge in [-0.15, -0.1) is 34.0 Å². The van der Waals surface area contributed by atoms with Crippen LogP contribution in [0.3, 0.4) is 0 Å². The van der Waals surface area contributed by atoms with Crippen molar-refractivity contribution < 1.29 is 72.7 Å². The molecule has 0 aliphatic heterocycles. The van der Waals surface area contributed by atoms with E-state index in [1.165, 1.54) is 48.2 Å². The van der Waals surface area contributed by atoms with Gasteiger partial charge >= 0.3 is 29.8 Å². The number of hydroxylamine groups is 2. The maximum Gasteiger partial charge on any atom is 0.307 e. The maximum atomic E-state index is 13.1. The topological polar surface area (TPSA) is 546 Å². The van der Waals surface area contributed by atoms with Crippen LogP contribution in [0.1, 0.15) is 205 Å². The van der Waals surface area contributed by atoms with Crippen molar-refractivity contribution in [3.63, 3.8) is 0 Å². The third-order valence-corrected chi connectivity index (χ3v) is 20.1. The van der Waals surface area contributed by atoms with E-state index in [-0.39, 0.29) is 61.3 Å². The normalized spacial score (nSPS) is 14.0. The fourth-order valence-electron chi connectivity index (χ4n) is 11.0. The fraction of sp³-hybridized carbons (Fsp3) is 0.598. The number of nitrogens with zero attached hydrogens (tertiary/aromatic N) is 9. The molecule has 0 aliphatic carbocycles. The van der Waals surface area contributed by atoms with Crippen LogP contribution in [0.5, 0.6) is 0 Å². The number of fused-ring (bicyclic) bond motifs is 3. The second-order valence-corrected chi connectivity index (χ2v) is 34.9. The van der Waals surface area contributed by atoms with Crippen LogP contribution in [0.25, 0.3) is 30.6 Å². The van der Waals surface area contributed by atoms with Crippen LogP contribution in [-0.4, -0.2) is 217 Å². The molecular formula is C82H134N20O15S3. The molecule has 0 bridgehead atoms. The second kappa shape index (κ2) is 54.3. The van der Waals surface area contributed by atoms with E-state index in [0.29, 0.717) is 129 Å². The lowest BCUT2D eigenvalue weighted by Crippen LogP contribution is -2.36. The quantitative estimate of drug-likeness (QED) is 0.00330. The Morgan fingerprint density at radius 2 is 0.733 bits per heavy atom. The molecule has 1 amide bonds. The van der Waals surface area contributed by atoms with Crippen LogP contribution in [-0.2, 0) is 52.6 Å². The van der Waals surface area contributed by atoms with E-state index in [4.69, 9.17) is 63.3 Å². The molecule has 7 atom stereocenters. The summed E-state index contributed by atoms with van der Waals surface area (Å²) < 4.78 is 24.3. The standard InChI is InChI=1S/C20H30N4O3S.C20H28N4O3S.C15H30N4O4.C14H21N5OS.C13H25N3O4/c2*1-20(2,3)27-16(25)12-13(8-7-11-23-19(21)22-4)17(26)18-24-14-9-5-6-10-15(14)28-18;1-15(2,3)23-12(20)10-11(13(21)19(5)22-6)8-7-9-18-14(16)17-4;1-17-14(16)18-8-4-5-9(15)12(20)13-19-10-6-2-3-7-11(10)21-13;1-13(2,3)20-10(17)8-9(11(18)19)6-5-7-16-12(14)15-4/h5-6,9-10,13,17,26H,7-8,11-12H2,1-4H3,(H3,21,22,23);5-6,9-10,13H,7-8,11-12H2,1-4H3,(H3,21,22,23);11H,7-10H2,1-6H3,(H3,16,17,18);2-3,6-7,9,12,20H,4-5,8,15H2,1H3,(H3,16,17,18);9H,5-8H2,1-4H3,(H,18,19)(H3,14,15,16)/t13-,17?;13-;11-;9-,12?;9-/m11101/s1. The zero-order valence-electron chi connectivity index (χ0n) is 73.4. The Morgan fingerprint density at radius 3 is 1.07 bits per heavy atom. The van der Waals surface area contributed by atoms with E-state index in [1.807, 2.05) is 114 Å². The number of hydrogen-bond donors (Lipinski definition) is 14. The second-order valence-electron chi connectivity index (χ2n) is 31.7. The Kier molecular flexibility index (Phi) is 48.0.